The van der Waals surface area contributed by atoms with Crippen LogP contribution in [0.1, 0.15) is 65.2 Å². The highest BCUT2D eigenvalue weighted by atomic mass is 28.3. The predicted octanol–water partition coefficient (Wildman–Crippen LogP) is 4.81. The molecule has 0 aromatic carbocycles. The monoisotopic (exact) mass is 346 g/mol. The molecule has 0 radical (unpaired) electrons. The van der Waals surface area contributed by atoms with E-state index in [0.29, 0.717) is 13.1 Å². The molecule has 0 aliphatic heterocycles. The molecule has 136 valence electrons. The van der Waals surface area contributed by atoms with E-state index in [-0.39, 0.29) is 0 Å². The molecule has 0 atom stereocenters. The second-order valence-corrected chi connectivity index (χ2v) is 10.6. The standard InChI is InChI=1S/C16H34N2O4Si/c1-5-7-9-11-13-17(15(19)20)23(3,4)18(16(21)22)14-12-10-8-6-2/h5-14H2,1-4H3,(H,19,20)(H,21,22). The number of unbranched alkanes of at least 4 members (excludes halogenated alkanes) is 6. The molecule has 0 fully saturated rings. The molecule has 0 aliphatic carbocycles. The fraction of sp³-hybridized carbons (Fsp3) is 0.875. The summed E-state index contributed by atoms with van der Waals surface area (Å²) in [6.45, 7) is 8.69. The summed E-state index contributed by atoms with van der Waals surface area (Å²) < 4.78 is 2.80. The molecule has 0 aliphatic rings. The normalized spacial score (nSPS) is 11.3. The van der Waals surface area contributed by atoms with Crippen LogP contribution >= 0.6 is 0 Å². The van der Waals surface area contributed by atoms with E-state index in [1.54, 1.807) is 0 Å². The van der Waals surface area contributed by atoms with Crippen molar-refractivity contribution in [3.63, 3.8) is 0 Å². The summed E-state index contributed by atoms with van der Waals surface area (Å²) in [5, 5.41) is 19.1. The highest BCUT2D eigenvalue weighted by Gasteiger charge is 2.42. The Bertz CT molecular complexity index is 332. The first-order chi connectivity index (χ1) is 10.8. The van der Waals surface area contributed by atoms with Gasteiger partial charge < -0.3 is 19.3 Å². The second kappa shape index (κ2) is 11.3. The first-order valence-electron chi connectivity index (χ1n) is 8.80. The van der Waals surface area contributed by atoms with Crippen LogP contribution in [0.3, 0.4) is 0 Å². The van der Waals surface area contributed by atoms with Gasteiger partial charge >= 0.3 is 12.2 Å². The molecule has 0 spiro atoms. The molecule has 0 saturated carbocycles. The summed E-state index contributed by atoms with van der Waals surface area (Å²) in [4.78, 5) is 23.3. The Kier molecular flexibility index (Phi) is 10.7. The quantitative estimate of drug-likeness (QED) is 0.392. The maximum Gasteiger partial charge on any atom is 0.400 e. The van der Waals surface area contributed by atoms with Crippen LogP contribution in [0.15, 0.2) is 0 Å². The molecule has 0 bridgehead atoms. The van der Waals surface area contributed by atoms with Gasteiger partial charge in [-0.25, -0.2) is 9.59 Å². The molecular weight excluding hydrogens is 312 g/mol. The van der Waals surface area contributed by atoms with Crippen LogP contribution in [-0.4, -0.2) is 53.0 Å². The Balaban J connectivity index is 4.89. The van der Waals surface area contributed by atoms with Crippen LogP contribution in [0.25, 0.3) is 0 Å². The van der Waals surface area contributed by atoms with Gasteiger partial charge in [0.15, 0.2) is 0 Å². The van der Waals surface area contributed by atoms with Crippen molar-refractivity contribution in [3.8, 4) is 0 Å². The number of carboxylic acid groups (broad SMARTS) is 2. The van der Waals surface area contributed by atoms with Crippen LogP contribution in [0.2, 0.25) is 13.1 Å². The number of hydrogen-bond donors (Lipinski definition) is 2. The van der Waals surface area contributed by atoms with E-state index < -0.39 is 20.6 Å². The molecule has 7 heteroatoms. The van der Waals surface area contributed by atoms with E-state index >= 15 is 0 Å². The van der Waals surface area contributed by atoms with Crippen molar-refractivity contribution in [1.29, 1.82) is 0 Å². The topological polar surface area (TPSA) is 81.1 Å². The zero-order valence-electron chi connectivity index (χ0n) is 15.2. The lowest BCUT2D eigenvalue weighted by atomic mass is 10.2. The van der Waals surface area contributed by atoms with E-state index in [2.05, 4.69) is 13.8 Å². The van der Waals surface area contributed by atoms with Gasteiger partial charge in [0.05, 0.1) is 0 Å². The summed E-state index contributed by atoms with van der Waals surface area (Å²) in [6.07, 6.45) is 5.88. The van der Waals surface area contributed by atoms with E-state index in [4.69, 9.17) is 0 Å². The molecule has 0 rings (SSSR count). The minimum atomic E-state index is -2.74. The molecule has 0 aromatic rings. The Morgan fingerprint density at radius 1 is 0.739 bits per heavy atom. The fourth-order valence-corrected chi connectivity index (χ4v) is 5.38. The van der Waals surface area contributed by atoms with Gasteiger partial charge in [-0.15, -0.1) is 0 Å². The van der Waals surface area contributed by atoms with Crippen molar-refractivity contribution in [2.45, 2.75) is 78.3 Å². The summed E-state index contributed by atoms with van der Waals surface area (Å²) in [7, 11) is -2.74. The van der Waals surface area contributed by atoms with Crippen LogP contribution in [0.4, 0.5) is 9.59 Å². The average Bonchev–Trinajstić information content (AvgIpc) is 2.45. The predicted molar refractivity (Wildman–Crippen MR) is 95.2 cm³/mol. The van der Waals surface area contributed by atoms with Gasteiger partial charge in [-0.2, -0.15) is 0 Å². The highest BCUT2D eigenvalue weighted by molar-refractivity contribution is 6.75. The molecule has 2 amide bonds. The molecule has 0 heterocycles. The second-order valence-electron chi connectivity index (χ2n) is 6.48. The zero-order valence-corrected chi connectivity index (χ0v) is 16.2. The first-order valence-corrected chi connectivity index (χ1v) is 11.7. The van der Waals surface area contributed by atoms with Crippen LogP contribution in [0, 0.1) is 0 Å². The van der Waals surface area contributed by atoms with Gasteiger partial charge in [-0.3, -0.25) is 0 Å². The maximum atomic E-state index is 11.7. The zero-order chi connectivity index (χ0) is 17.9. The van der Waals surface area contributed by atoms with Crippen molar-refractivity contribution in [2.24, 2.45) is 0 Å². The average molecular weight is 347 g/mol. The van der Waals surface area contributed by atoms with Gasteiger partial charge in [0.2, 0.25) is 0 Å². The van der Waals surface area contributed by atoms with Gasteiger partial charge in [-0.1, -0.05) is 52.4 Å². The fourth-order valence-electron chi connectivity index (χ4n) is 2.75. The SMILES string of the molecule is CCCCCCN(C(=O)O)[Si](C)(C)N(CCCCCC)C(=O)O. The van der Waals surface area contributed by atoms with E-state index in [1.165, 1.54) is 9.13 Å². The first kappa shape index (κ1) is 21.8. The molecule has 0 aromatic heterocycles. The molecule has 0 unspecified atom stereocenters. The number of nitrogens with zero attached hydrogens (tertiary/aromatic N) is 2. The van der Waals surface area contributed by atoms with Gasteiger partial charge in [-0.05, 0) is 25.9 Å². The molecule has 23 heavy (non-hydrogen) atoms. The van der Waals surface area contributed by atoms with Crippen molar-refractivity contribution >= 4 is 20.6 Å². The lowest BCUT2D eigenvalue weighted by molar-refractivity contribution is 0.153. The third kappa shape index (κ3) is 7.72. The van der Waals surface area contributed by atoms with Crippen LogP contribution in [-0.2, 0) is 0 Å². The Morgan fingerprint density at radius 3 is 1.35 bits per heavy atom. The van der Waals surface area contributed by atoms with E-state index in [1.807, 2.05) is 13.1 Å². The lowest BCUT2D eigenvalue weighted by Gasteiger charge is -2.41. The van der Waals surface area contributed by atoms with Gasteiger partial charge in [0.25, 0.3) is 8.40 Å². The van der Waals surface area contributed by atoms with Crippen molar-refractivity contribution in [1.82, 2.24) is 9.13 Å². The molecular formula is C16H34N2O4Si. The number of rotatable bonds is 12. The van der Waals surface area contributed by atoms with Crippen molar-refractivity contribution < 1.29 is 19.8 Å². The van der Waals surface area contributed by atoms with Crippen LogP contribution < -0.4 is 0 Å². The number of amides is 2. The maximum absolute atomic E-state index is 11.7. The Morgan fingerprint density at radius 2 is 1.09 bits per heavy atom. The Hall–Kier alpha value is -1.24. The lowest BCUT2D eigenvalue weighted by Crippen LogP contribution is -2.65. The van der Waals surface area contributed by atoms with E-state index in [9.17, 15) is 19.8 Å². The van der Waals surface area contributed by atoms with E-state index in [0.717, 1.165) is 51.4 Å². The third-order valence-electron chi connectivity index (χ3n) is 4.25. The third-order valence-corrected chi connectivity index (χ3v) is 7.73. The minimum Gasteiger partial charge on any atom is -0.465 e. The highest BCUT2D eigenvalue weighted by Crippen LogP contribution is 2.19. The van der Waals surface area contributed by atoms with Crippen molar-refractivity contribution in [2.75, 3.05) is 13.1 Å². The summed E-state index contributed by atoms with van der Waals surface area (Å²) in [5.74, 6) is 0. The summed E-state index contributed by atoms with van der Waals surface area (Å²) in [6, 6.07) is 0. The number of carbonyl (C=O) groups is 2. The van der Waals surface area contributed by atoms with Crippen molar-refractivity contribution in [3.05, 3.63) is 0 Å². The molecule has 2 N–H and O–H groups in total. The van der Waals surface area contributed by atoms with Crippen LogP contribution in [0.5, 0.6) is 0 Å². The molecule has 0 saturated heterocycles. The summed E-state index contributed by atoms with van der Waals surface area (Å²) in [5.41, 5.74) is 0. The Labute approximate surface area is 141 Å². The summed E-state index contributed by atoms with van der Waals surface area (Å²) >= 11 is 0. The molecule has 6 nitrogen and oxygen atoms in total. The minimum absolute atomic E-state index is 0.424. The smallest absolute Gasteiger partial charge is 0.400 e. The van der Waals surface area contributed by atoms with Gasteiger partial charge in [0.1, 0.15) is 0 Å². The van der Waals surface area contributed by atoms with Gasteiger partial charge in [0, 0.05) is 13.1 Å². The number of hydrogen-bond acceptors (Lipinski definition) is 2. The largest absolute Gasteiger partial charge is 0.465 e.